The monoisotopic (exact) mass is 634 g/mol. The first-order valence-corrected chi connectivity index (χ1v) is 19.2. The molecule has 0 saturated heterocycles. The Kier molecular flexibility index (Phi) is 27.3. The van der Waals surface area contributed by atoms with Crippen molar-refractivity contribution in [3.05, 3.63) is 0 Å². The molecule has 33 heavy (non-hydrogen) atoms. The van der Waals surface area contributed by atoms with E-state index in [-0.39, 0.29) is 22.4 Å². The molecule has 0 fully saturated rings. The maximum absolute atomic E-state index is 11.8. The number of nitrogens with one attached hydrogen (secondary N) is 2. The van der Waals surface area contributed by atoms with Crippen molar-refractivity contribution in [2.45, 2.75) is 0 Å². The van der Waals surface area contributed by atoms with Gasteiger partial charge in [0, 0.05) is 22.4 Å². The molecule has 0 aliphatic rings. The molecule has 0 aromatic rings. The van der Waals surface area contributed by atoms with Crippen molar-refractivity contribution in [2.75, 3.05) is 55.7 Å². The summed E-state index contributed by atoms with van der Waals surface area (Å²) >= 11 is 6.26. The summed E-state index contributed by atoms with van der Waals surface area (Å²) in [6.45, 7) is 0. The van der Waals surface area contributed by atoms with Gasteiger partial charge in [0.15, 0.2) is 10.2 Å². The Bertz CT molecular complexity index is 567. The predicted octanol–water partition coefficient (Wildman–Crippen LogP) is 2.65. The Hall–Kier alpha value is 1.27. The van der Waals surface area contributed by atoms with E-state index >= 15 is 0 Å². The van der Waals surface area contributed by atoms with Crippen LogP contribution >= 0.6 is 82.3 Å². The molecule has 2 unspecified atom stereocenters. The molecule has 0 rings (SSSR count). The smallest absolute Gasteiger partial charge is 0.280 e. The van der Waals surface area contributed by atoms with E-state index < -0.39 is 22.4 Å². The fourth-order valence-electron chi connectivity index (χ4n) is 1.27. The van der Waals surface area contributed by atoms with Crippen molar-refractivity contribution in [3.8, 4) is 0 Å². The van der Waals surface area contributed by atoms with Gasteiger partial charge in [-0.05, 0) is 0 Å². The molecule has 0 radical (unpaired) electrons. The minimum absolute atomic E-state index is 0.0144. The number of nitrogens with zero attached hydrogens (tertiary/aromatic N) is 2. The average Bonchev–Trinajstić information content (AvgIpc) is 2.80. The lowest BCUT2D eigenvalue weighted by atomic mass is 11.2. The molecule has 0 aromatic heterocycles. The molecule has 10 nitrogen and oxygen atoms in total. The van der Waals surface area contributed by atoms with Gasteiger partial charge < -0.3 is 30.0 Å². The number of carbonyl (C=O) groups excluding carboxylic acids is 2. The topological polar surface area (TPSA) is 169 Å². The molecule has 4 N–H and O–H groups in total. The highest BCUT2D eigenvalue weighted by Gasteiger charge is 2.06. The standard InChI is InChI=1S/C14H26N4O6S9/c19-7-27-9-30-13(21)17-3-26-2-16-6-33(24)12-29-10-31-14(22)18-4-25-1-15-5-32(23)11-28-8-20/h5-6,19-20H,1-4,7-12H2,(H,17,21)(H,18,22)/b15-5+,16-6+. The van der Waals surface area contributed by atoms with E-state index in [4.69, 9.17) is 10.2 Å². The molecular formula is C14H26N4O6S9. The van der Waals surface area contributed by atoms with Crippen LogP contribution in [0.2, 0.25) is 0 Å². The second-order valence-electron chi connectivity index (χ2n) is 4.85. The second-order valence-corrected chi connectivity index (χ2v) is 15.5. The quantitative estimate of drug-likeness (QED) is 0.0507. The maximum atomic E-state index is 11.8. The van der Waals surface area contributed by atoms with Gasteiger partial charge in [-0.15, -0.1) is 35.3 Å². The third-order valence-electron chi connectivity index (χ3n) is 2.48. The third kappa shape index (κ3) is 26.2. The summed E-state index contributed by atoms with van der Waals surface area (Å²) < 4.78 is 23.2. The molecule has 2 atom stereocenters. The summed E-state index contributed by atoms with van der Waals surface area (Å²) in [7, 11) is 0. The van der Waals surface area contributed by atoms with Crippen LogP contribution in [-0.4, -0.2) is 96.6 Å². The molecule has 0 aromatic carbocycles. The van der Waals surface area contributed by atoms with E-state index in [0.717, 1.165) is 35.3 Å². The van der Waals surface area contributed by atoms with Gasteiger partial charge in [-0.1, -0.05) is 47.0 Å². The highest BCUT2D eigenvalue weighted by atomic mass is 32.3. The van der Waals surface area contributed by atoms with Crippen molar-refractivity contribution in [2.24, 2.45) is 9.98 Å². The lowest BCUT2D eigenvalue weighted by Gasteiger charge is -2.06. The van der Waals surface area contributed by atoms with Crippen LogP contribution in [0.4, 0.5) is 9.59 Å². The lowest BCUT2D eigenvalue weighted by Crippen LogP contribution is -2.18. The van der Waals surface area contributed by atoms with Gasteiger partial charge in [0.2, 0.25) is 11.1 Å². The van der Waals surface area contributed by atoms with Crippen LogP contribution in [0.5, 0.6) is 0 Å². The summed E-state index contributed by atoms with van der Waals surface area (Å²) in [5.74, 6) is 1.44. The first kappa shape index (κ1) is 34.3. The van der Waals surface area contributed by atoms with Crippen LogP contribution in [0.3, 0.4) is 0 Å². The fraction of sp³-hybridized carbons (Fsp3) is 0.714. The van der Waals surface area contributed by atoms with E-state index in [1.165, 1.54) is 58.1 Å². The number of aliphatic hydroxyl groups is 2. The van der Waals surface area contributed by atoms with E-state index in [1.54, 1.807) is 0 Å². The molecule has 0 bridgehead atoms. The Morgan fingerprint density at radius 1 is 0.758 bits per heavy atom. The third-order valence-corrected chi connectivity index (χ3v) is 11.3. The summed E-state index contributed by atoms with van der Waals surface area (Å²) in [5.41, 5.74) is 2.70. The fourth-order valence-corrected chi connectivity index (χ4v) is 8.28. The zero-order valence-corrected chi connectivity index (χ0v) is 24.7. The number of aliphatic imine (C=N–C) groups is 2. The first-order valence-electron chi connectivity index (χ1n) is 8.65. The van der Waals surface area contributed by atoms with Crippen LogP contribution < -0.4 is 10.6 Å². The van der Waals surface area contributed by atoms with Crippen molar-refractivity contribution in [1.82, 2.24) is 10.6 Å². The van der Waals surface area contributed by atoms with Gasteiger partial charge >= 0.3 is 0 Å². The number of aliphatic hydroxyl groups excluding tert-OH is 2. The highest BCUT2D eigenvalue weighted by Crippen LogP contribution is 2.15. The van der Waals surface area contributed by atoms with Gasteiger partial charge in [0.05, 0.1) is 45.6 Å². The molecule has 0 aliphatic heterocycles. The van der Waals surface area contributed by atoms with Crippen LogP contribution in [-0.2, 0) is 22.4 Å². The number of hydrogen-bond donors (Lipinski definition) is 4. The second kappa shape index (κ2) is 26.3. The van der Waals surface area contributed by atoms with Crippen molar-refractivity contribution in [1.29, 1.82) is 0 Å². The molecule has 0 aliphatic carbocycles. The molecule has 192 valence electrons. The van der Waals surface area contributed by atoms with Gasteiger partial charge in [-0.25, -0.2) is 9.98 Å². The van der Waals surface area contributed by atoms with Crippen molar-refractivity contribution >= 4 is 126 Å². The number of carbonyl (C=O) groups is 2. The minimum Gasteiger partial charge on any atom is -0.610 e. The van der Waals surface area contributed by atoms with Crippen molar-refractivity contribution < 1.29 is 28.9 Å². The van der Waals surface area contributed by atoms with E-state index in [0.29, 0.717) is 43.8 Å². The number of rotatable bonds is 20. The first-order chi connectivity index (χ1) is 16.0. The largest absolute Gasteiger partial charge is 0.610 e. The van der Waals surface area contributed by atoms with Crippen LogP contribution in [0.1, 0.15) is 0 Å². The molecule has 0 heterocycles. The summed E-state index contributed by atoms with van der Waals surface area (Å²) in [4.78, 5) is 31.1. The van der Waals surface area contributed by atoms with Gasteiger partial charge in [-0.3, -0.25) is 9.59 Å². The van der Waals surface area contributed by atoms with Gasteiger partial charge in [0.25, 0.3) is 10.5 Å². The molecule has 0 saturated carbocycles. The Morgan fingerprint density at radius 3 is 1.70 bits per heavy atom. The van der Waals surface area contributed by atoms with E-state index in [2.05, 4.69) is 20.6 Å². The molecule has 0 spiro atoms. The summed E-state index contributed by atoms with van der Waals surface area (Å²) in [5, 5.41) is 23.9. The number of hydrogen-bond acceptors (Lipinski definition) is 15. The number of amides is 2. The van der Waals surface area contributed by atoms with Crippen LogP contribution in [0.25, 0.3) is 0 Å². The summed E-state index contributed by atoms with van der Waals surface area (Å²) in [6, 6.07) is 0. The van der Waals surface area contributed by atoms with Crippen LogP contribution in [0, 0.1) is 0 Å². The SMILES string of the molecule is O=C(NCSC/N=C/[S+]([O-])CSCSC(=O)NCSC/N=C/[S+]([O-])CSCO)SCSCO. The van der Waals surface area contributed by atoms with Gasteiger partial charge in [0.1, 0.15) is 0 Å². The van der Waals surface area contributed by atoms with Gasteiger partial charge in [-0.2, -0.15) is 0 Å². The van der Waals surface area contributed by atoms with E-state index in [9.17, 15) is 18.7 Å². The minimum atomic E-state index is -1.24. The average molecular weight is 635 g/mol. The Balaban J connectivity index is 3.57. The van der Waals surface area contributed by atoms with Crippen LogP contribution in [0.15, 0.2) is 9.98 Å². The zero-order valence-electron chi connectivity index (χ0n) is 17.3. The number of thioether (sulfide) groups is 7. The summed E-state index contributed by atoms with van der Waals surface area (Å²) in [6.07, 6.45) is 0. The van der Waals surface area contributed by atoms with E-state index in [1.807, 2.05) is 0 Å². The molecular weight excluding hydrogens is 609 g/mol. The zero-order chi connectivity index (χ0) is 24.6. The normalized spacial score (nSPS) is 13.5. The lowest BCUT2D eigenvalue weighted by molar-refractivity contribution is 0.261. The van der Waals surface area contributed by atoms with Crippen molar-refractivity contribution in [3.63, 3.8) is 0 Å². The Labute approximate surface area is 229 Å². The Morgan fingerprint density at radius 2 is 1.21 bits per heavy atom. The highest BCUT2D eigenvalue weighted by molar-refractivity contribution is 8.27. The predicted molar refractivity (Wildman–Crippen MR) is 157 cm³/mol. The molecule has 2 amide bonds. The maximum Gasteiger partial charge on any atom is 0.280 e. The molecule has 19 heteroatoms.